The Morgan fingerprint density at radius 2 is 2.23 bits per heavy atom. The average molecular weight is 477 g/mol. The number of rotatable bonds is 9. The van der Waals surface area contributed by atoms with Crippen LogP contribution in [-0.2, 0) is 11.2 Å². The molecule has 1 atom stereocenters. The van der Waals surface area contributed by atoms with Crippen LogP contribution in [-0.4, -0.2) is 58.1 Å². The topological polar surface area (TPSA) is 75.1 Å². The Bertz CT molecular complexity index is 549. The van der Waals surface area contributed by atoms with Crippen molar-refractivity contribution in [3.63, 3.8) is 0 Å². The van der Waals surface area contributed by atoms with Crippen LogP contribution in [0.25, 0.3) is 0 Å². The number of aliphatic imine (C=N–C) groups is 1. The summed E-state index contributed by atoms with van der Waals surface area (Å²) in [7, 11) is 3.47. The van der Waals surface area contributed by atoms with Gasteiger partial charge in [-0.25, -0.2) is 0 Å². The van der Waals surface area contributed by atoms with Gasteiger partial charge in [-0.1, -0.05) is 12.1 Å². The number of benzene rings is 1. The van der Waals surface area contributed by atoms with E-state index in [0.717, 1.165) is 57.1 Å². The SMILES string of the molecule is CN=C(NCCCc1cccc(OC)c1)NCC1(CCO)CCOC1.I. The second-order valence-electron chi connectivity index (χ2n) is 6.58. The normalized spacial score (nSPS) is 19.7. The van der Waals surface area contributed by atoms with Crippen LogP contribution in [0.2, 0.25) is 0 Å². The van der Waals surface area contributed by atoms with Crippen molar-refractivity contribution in [1.29, 1.82) is 0 Å². The number of methoxy groups -OCH3 is 1. The van der Waals surface area contributed by atoms with Crippen molar-refractivity contribution in [2.75, 3.05) is 47.1 Å². The molecule has 1 heterocycles. The van der Waals surface area contributed by atoms with Gasteiger partial charge in [-0.15, -0.1) is 24.0 Å². The summed E-state index contributed by atoms with van der Waals surface area (Å²) in [5.74, 6) is 1.70. The van der Waals surface area contributed by atoms with Crippen LogP contribution in [0, 0.1) is 5.41 Å². The maximum atomic E-state index is 9.30. The van der Waals surface area contributed by atoms with Crippen LogP contribution in [0.5, 0.6) is 5.75 Å². The van der Waals surface area contributed by atoms with Gasteiger partial charge in [-0.3, -0.25) is 4.99 Å². The summed E-state index contributed by atoms with van der Waals surface area (Å²) in [6, 6.07) is 8.18. The van der Waals surface area contributed by atoms with Gasteiger partial charge in [0.05, 0.1) is 13.7 Å². The molecular weight excluding hydrogens is 445 g/mol. The molecule has 7 heteroatoms. The van der Waals surface area contributed by atoms with Gasteiger partial charge < -0.3 is 25.2 Å². The summed E-state index contributed by atoms with van der Waals surface area (Å²) in [6.07, 6.45) is 3.74. The zero-order valence-electron chi connectivity index (χ0n) is 15.8. The lowest BCUT2D eigenvalue weighted by molar-refractivity contribution is 0.127. The van der Waals surface area contributed by atoms with Crippen LogP contribution in [0.1, 0.15) is 24.8 Å². The molecule has 1 aromatic rings. The number of aliphatic hydroxyl groups is 1. The molecular formula is C19H32IN3O3. The van der Waals surface area contributed by atoms with Crippen molar-refractivity contribution < 1.29 is 14.6 Å². The Labute approximate surface area is 173 Å². The molecule has 0 radical (unpaired) electrons. The highest BCUT2D eigenvalue weighted by Gasteiger charge is 2.34. The first-order valence-electron chi connectivity index (χ1n) is 8.97. The zero-order chi connectivity index (χ0) is 18.0. The molecule has 2 rings (SSSR count). The number of hydrogen-bond donors (Lipinski definition) is 3. The predicted molar refractivity (Wildman–Crippen MR) is 116 cm³/mol. The number of aliphatic hydroxyl groups excluding tert-OH is 1. The Morgan fingerprint density at radius 1 is 1.38 bits per heavy atom. The van der Waals surface area contributed by atoms with Gasteiger partial charge in [0.1, 0.15) is 5.75 Å². The fraction of sp³-hybridized carbons (Fsp3) is 0.632. The Morgan fingerprint density at radius 3 is 2.88 bits per heavy atom. The quantitative estimate of drug-likeness (QED) is 0.220. The van der Waals surface area contributed by atoms with Crippen molar-refractivity contribution in [1.82, 2.24) is 10.6 Å². The molecule has 26 heavy (non-hydrogen) atoms. The van der Waals surface area contributed by atoms with Crippen molar-refractivity contribution in [2.45, 2.75) is 25.7 Å². The second-order valence-corrected chi connectivity index (χ2v) is 6.58. The van der Waals surface area contributed by atoms with Gasteiger partial charge >= 0.3 is 0 Å². The molecule has 1 aromatic carbocycles. The summed E-state index contributed by atoms with van der Waals surface area (Å²) < 4.78 is 10.8. The van der Waals surface area contributed by atoms with E-state index in [1.54, 1.807) is 14.2 Å². The number of aryl methyl sites for hydroxylation is 1. The average Bonchev–Trinajstić information content (AvgIpc) is 3.10. The molecule has 0 saturated carbocycles. The minimum Gasteiger partial charge on any atom is -0.497 e. The predicted octanol–water partition coefficient (Wildman–Crippen LogP) is 2.20. The monoisotopic (exact) mass is 477 g/mol. The second kappa shape index (κ2) is 12.3. The van der Waals surface area contributed by atoms with Crippen LogP contribution in [0.4, 0.5) is 0 Å². The third kappa shape index (κ3) is 7.28. The smallest absolute Gasteiger partial charge is 0.190 e. The van der Waals surface area contributed by atoms with E-state index in [-0.39, 0.29) is 36.0 Å². The Balaban J connectivity index is 0.00000338. The number of halogens is 1. The third-order valence-electron chi connectivity index (χ3n) is 4.75. The summed E-state index contributed by atoms with van der Waals surface area (Å²) in [5, 5.41) is 16.0. The zero-order valence-corrected chi connectivity index (χ0v) is 18.1. The molecule has 0 spiro atoms. The fourth-order valence-corrected chi connectivity index (χ4v) is 3.13. The van der Waals surface area contributed by atoms with Crippen LogP contribution in [0.3, 0.4) is 0 Å². The van der Waals surface area contributed by atoms with E-state index in [1.807, 2.05) is 12.1 Å². The third-order valence-corrected chi connectivity index (χ3v) is 4.75. The van der Waals surface area contributed by atoms with Crippen molar-refractivity contribution in [3.8, 4) is 5.75 Å². The molecule has 1 unspecified atom stereocenters. The molecule has 0 amide bonds. The fourth-order valence-electron chi connectivity index (χ4n) is 3.13. The molecule has 6 nitrogen and oxygen atoms in total. The lowest BCUT2D eigenvalue weighted by Crippen LogP contribution is -2.44. The van der Waals surface area contributed by atoms with E-state index in [1.165, 1.54) is 5.56 Å². The van der Waals surface area contributed by atoms with Gasteiger partial charge in [0.15, 0.2) is 5.96 Å². The van der Waals surface area contributed by atoms with E-state index in [2.05, 4.69) is 27.8 Å². The maximum absolute atomic E-state index is 9.30. The molecule has 1 saturated heterocycles. The molecule has 3 N–H and O–H groups in total. The van der Waals surface area contributed by atoms with Gasteiger partial charge in [-0.2, -0.15) is 0 Å². The lowest BCUT2D eigenvalue weighted by Gasteiger charge is -2.27. The molecule has 0 aromatic heterocycles. The summed E-state index contributed by atoms with van der Waals surface area (Å²) in [4.78, 5) is 4.28. The van der Waals surface area contributed by atoms with E-state index >= 15 is 0 Å². The number of nitrogens with one attached hydrogen (secondary N) is 2. The molecule has 1 aliphatic heterocycles. The number of guanidine groups is 1. The Hall–Kier alpha value is -1.06. The van der Waals surface area contributed by atoms with E-state index < -0.39 is 0 Å². The highest BCUT2D eigenvalue weighted by molar-refractivity contribution is 14.0. The first-order valence-corrected chi connectivity index (χ1v) is 8.97. The number of nitrogens with zero attached hydrogens (tertiary/aromatic N) is 1. The summed E-state index contributed by atoms with van der Waals surface area (Å²) in [5.41, 5.74) is 1.29. The van der Waals surface area contributed by atoms with Crippen LogP contribution < -0.4 is 15.4 Å². The van der Waals surface area contributed by atoms with E-state index in [9.17, 15) is 5.11 Å². The lowest BCUT2D eigenvalue weighted by atomic mass is 9.84. The van der Waals surface area contributed by atoms with Crippen molar-refractivity contribution in [3.05, 3.63) is 29.8 Å². The minimum absolute atomic E-state index is 0. The summed E-state index contributed by atoms with van der Waals surface area (Å²) in [6.45, 7) is 3.28. The van der Waals surface area contributed by atoms with Crippen molar-refractivity contribution in [2.24, 2.45) is 10.4 Å². The maximum Gasteiger partial charge on any atom is 0.190 e. The number of hydrogen-bond acceptors (Lipinski definition) is 4. The standard InChI is InChI=1S/C19H31N3O3.HI/c1-20-18(22-14-19(8-11-23)9-12-25-15-19)21-10-4-6-16-5-3-7-17(13-16)24-2;/h3,5,7,13,23H,4,6,8-12,14-15H2,1-2H3,(H2,20,21,22);1H. The highest BCUT2D eigenvalue weighted by Crippen LogP contribution is 2.31. The largest absolute Gasteiger partial charge is 0.497 e. The molecule has 148 valence electrons. The first-order chi connectivity index (χ1) is 12.2. The van der Waals surface area contributed by atoms with Gasteiger partial charge in [-0.05, 0) is 43.4 Å². The van der Waals surface area contributed by atoms with Crippen molar-refractivity contribution >= 4 is 29.9 Å². The van der Waals surface area contributed by atoms with Crippen LogP contribution >= 0.6 is 24.0 Å². The molecule has 1 aliphatic rings. The van der Waals surface area contributed by atoms with Crippen LogP contribution in [0.15, 0.2) is 29.3 Å². The molecule has 1 fully saturated rings. The summed E-state index contributed by atoms with van der Waals surface area (Å²) >= 11 is 0. The van der Waals surface area contributed by atoms with Gasteiger partial charge in [0, 0.05) is 38.8 Å². The first kappa shape index (κ1) is 23.0. The van der Waals surface area contributed by atoms with E-state index in [0.29, 0.717) is 6.61 Å². The number of ether oxygens (including phenoxy) is 2. The Kier molecular flexibility index (Phi) is 10.9. The minimum atomic E-state index is 0. The van der Waals surface area contributed by atoms with Gasteiger partial charge in [0.25, 0.3) is 0 Å². The highest BCUT2D eigenvalue weighted by atomic mass is 127. The molecule has 0 aliphatic carbocycles. The van der Waals surface area contributed by atoms with E-state index in [4.69, 9.17) is 9.47 Å². The van der Waals surface area contributed by atoms with Gasteiger partial charge in [0.2, 0.25) is 0 Å². The molecule has 0 bridgehead atoms.